The van der Waals surface area contributed by atoms with Gasteiger partial charge < -0.3 is 9.47 Å². The van der Waals surface area contributed by atoms with Crippen LogP contribution in [-0.2, 0) is 17.1 Å². The highest BCUT2D eigenvalue weighted by molar-refractivity contribution is 14.1. The Bertz CT molecular complexity index is 881. The number of hydrogen-bond donors (Lipinski definition) is 0. The summed E-state index contributed by atoms with van der Waals surface area (Å²) in [5, 5.41) is 0.0485. The third-order valence-corrected chi connectivity index (χ3v) is 6.55. The molecular weight excluding hydrogens is 455 g/mol. The summed E-state index contributed by atoms with van der Waals surface area (Å²) in [6.07, 6.45) is 3.56. The van der Waals surface area contributed by atoms with Crippen LogP contribution in [0.2, 0.25) is 0 Å². The zero-order chi connectivity index (χ0) is 18.0. The molecule has 1 aliphatic rings. The van der Waals surface area contributed by atoms with Crippen LogP contribution in [0, 0.1) is 3.57 Å². The van der Waals surface area contributed by atoms with Crippen LogP contribution < -0.4 is 0 Å². The Kier molecular flexibility index (Phi) is 5.44. The topological polar surface area (TPSA) is 75.5 Å². The molecule has 0 saturated carbocycles. The number of nitrogens with zero attached hydrogens (tertiary/aromatic N) is 4. The molecule has 1 saturated heterocycles. The molecule has 9 heteroatoms. The lowest BCUT2D eigenvalue weighted by Gasteiger charge is -2.21. The molecule has 0 bridgehead atoms. The first kappa shape index (κ1) is 18.3. The first-order valence-corrected chi connectivity index (χ1v) is 10.4. The molecule has 7 nitrogen and oxygen atoms in total. The van der Waals surface area contributed by atoms with Crippen molar-refractivity contribution < 1.29 is 13.2 Å². The molecule has 0 spiro atoms. The standard InChI is InChI=1S/C16H19IN4O3S/c1-19-11-15(18-12-19)25(23,24)21-7-3-6-20(8-9-21)16(22)13-4-2-5-14(17)10-13/h2,4-5,10-12H,3,6-9H2,1H3. The van der Waals surface area contributed by atoms with E-state index in [0.717, 1.165) is 3.57 Å². The van der Waals surface area contributed by atoms with E-state index in [4.69, 9.17) is 0 Å². The van der Waals surface area contributed by atoms with Gasteiger partial charge in [-0.2, -0.15) is 4.31 Å². The number of carbonyl (C=O) groups excluding carboxylic acids is 1. The minimum atomic E-state index is -3.62. The number of hydrogen-bond acceptors (Lipinski definition) is 4. The molecular formula is C16H19IN4O3S. The molecule has 0 unspecified atom stereocenters. The molecule has 2 heterocycles. The van der Waals surface area contributed by atoms with Crippen molar-refractivity contribution in [2.75, 3.05) is 26.2 Å². The fraction of sp³-hybridized carbons (Fsp3) is 0.375. The highest BCUT2D eigenvalue weighted by Crippen LogP contribution is 2.17. The minimum absolute atomic E-state index is 0.0485. The van der Waals surface area contributed by atoms with Gasteiger partial charge in [-0.3, -0.25) is 4.79 Å². The van der Waals surface area contributed by atoms with E-state index in [1.54, 1.807) is 22.6 Å². The van der Waals surface area contributed by atoms with E-state index in [9.17, 15) is 13.2 Å². The SMILES string of the molecule is Cn1cnc(S(=O)(=O)N2CCCN(C(=O)c3cccc(I)c3)CC2)c1. The Labute approximate surface area is 160 Å². The first-order chi connectivity index (χ1) is 11.9. The van der Waals surface area contributed by atoms with Gasteiger partial charge in [-0.15, -0.1) is 0 Å². The molecule has 0 N–H and O–H groups in total. The maximum Gasteiger partial charge on any atom is 0.262 e. The molecule has 3 rings (SSSR count). The van der Waals surface area contributed by atoms with Crippen molar-refractivity contribution in [2.45, 2.75) is 11.4 Å². The van der Waals surface area contributed by atoms with Crippen LogP contribution in [0.5, 0.6) is 0 Å². The monoisotopic (exact) mass is 474 g/mol. The van der Waals surface area contributed by atoms with Crippen LogP contribution in [-0.4, -0.2) is 59.3 Å². The maximum absolute atomic E-state index is 12.7. The predicted molar refractivity (Wildman–Crippen MR) is 102 cm³/mol. The number of aryl methyl sites for hydroxylation is 1. The second-order valence-electron chi connectivity index (χ2n) is 5.94. The normalized spacial score (nSPS) is 16.6. The first-order valence-electron chi connectivity index (χ1n) is 7.91. The molecule has 1 amide bonds. The van der Waals surface area contributed by atoms with Gasteiger partial charge in [0.2, 0.25) is 0 Å². The van der Waals surface area contributed by atoms with Gasteiger partial charge in [0.25, 0.3) is 15.9 Å². The molecule has 0 atom stereocenters. The van der Waals surface area contributed by atoms with Gasteiger partial charge >= 0.3 is 0 Å². The average molecular weight is 474 g/mol. The summed E-state index contributed by atoms with van der Waals surface area (Å²) < 4.78 is 29.4. The lowest BCUT2D eigenvalue weighted by molar-refractivity contribution is 0.0764. The molecule has 0 aliphatic carbocycles. The summed E-state index contributed by atoms with van der Waals surface area (Å²) in [6.45, 7) is 1.57. The van der Waals surface area contributed by atoms with Crippen molar-refractivity contribution in [3.05, 3.63) is 45.9 Å². The van der Waals surface area contributed by atoms with Gasteiger partial charge in [-0.1, -0.05) is 6.07 Å². The number of aromatic nitrogens is 2. The summed E-state index contributed by atoms with van der Waals surface area (Å²) in [5.41, 5.74) is 0.632. The molecule has 1 aliphatic heterocycles. The van der Waals surface area contributed by atoms with Crippen molar-refractivity contribution in [1.82, 2.24) is 18.8 Å². The average Bonchev–Trinajstić information content (AvgIpc) is 2.87. The Hall–Kier alpha value is -1.46. The molecule has 1 aromatic heterocycles. The number of imidazole rings is 1. The van der Waals surface area contributed by atoms with Gasteiger partial charge in [0.15, 0.2) is 5.03 Å². The third kappa shape index (κ3) is 4.04. The highest BCUT2D eigenvalue weighted by atomic mass is 127. The lowest BCUT2D eigenvalue weighted by atomic mass is 10.2. The Morgan fingerprint density at radius 3 is 2.68 bits per heavy atom. The van der Waals surface area contributed by atoms with E-state index in [2.05, 4.69) is 27.6 Å². The highest BCUT2D eigenvalue weighted by Gasteiger charge is 2.30. The second-order valence-corrected chi connectivity index (χ2v) is 9.07. The number of amides is 1. The summed E-state index contributed by atoms with van der Waals surface area (Å²) in [6, 6.07) is 7.42. The van der Waals surface area contributed by atoms with E-state index >= 15 is 0 Å². The number of sulfonamides is 1. The largest absolute Gasteiger partial charge is 0.339 e. The van der Waals surface area contributed by atoms with Crippen LogP contribution >= 0.6 is 22.6 Å². The van der Waals surface area contributed by atoms with E-state index < -0.39 is 10.0 Å². The Morgan fingerprint density at radius 1 is 1.20 bits per heavy atom. The molecule has 0 radical (unpaired) electrons. The summed E-state index contributed by atoms with van der Waals surface area (Å²) in [5.74, 6) is -0.0596. The van der Waals surface area contributed by atoms with Crippen LogP contribution in [0.15, 0.2) is 41.8 Å². The minimum Gasteiger partial charge on any atom is -0.339 e. The van der Waals surface area contributed by atoms with E-state index in [0.29, 0.717) is 31.6 Å². The van der Waals surface area contributed by atoms with Crippen molar-refractivity contribution in [3.63, 3.8) is 0 Å². The van der Waals surface area contributed by atoms with Crippen molar-refractivity contribution >= 4 is 38.5 Å². The summed E-state index contributed by atoms with van der Waals surface area (Å²) in [4.78, 5) is 18.4. The quantitative estimate of drug-likeness (QED) is 0.633. The van der Waals surface area contributed by atoms with Gasteiger partial charge in [-0.25, -0.2) is 13.4 Å². The van der Waals surface area contributed by atoms with Gasteiger partial charge in [-0.05, 0) is 47.2 Å². The van der Waals surface area contributed by atoms with Crippen molar-refractivity contribution in [1.29, 1.82) is 0 Å². The smallest absolute Gasteiger partial charge is 0.262 e. The third-order valence-electron chi connectivity index (χ3n) is 4.10. The molecule has 2 aromatic rings. The van der Waals surface area contributed by atoms with E-state index in [-0.39, 0.29) is 17.5 Å². The van der Waals surface area contributed by atoms with Gasteiger partial charge in [0.05, 0.1) is 6.33 Å². The van der Waals surface area contributed by atoms with Crippen LogP contribution in [0.4, 0.5) is 0 Å². The maximum atomic E-state index is 12.7. The van der Waals surface area contributed by atoms with Gasteiger partial charge in [0.1, 0.15) is 0 Å². The number of carbonyl (C=O) groups is 1. The molecule has 134 valence electrons. The Balaban J connectivity index is 1.73. The number of benzene rings is 1. The van der Waals surface area contributed by atoms with Gasteiger partial charge in [0, 0.05) is 48.6 Å². The molecule has 25 heavy (non-hydrogen) atoms. The van der Waals surface area contributed by atoms with E-state index in [1.165, 1.54) is 16.8 Å². The fourth-order valence-corrected chi connectivity index (χ4v) is 4.77. The summed E-state index contributed by atoms with van der Waals surface area (Å²) >= 11 is 2.17. The summed E-state index contributed by atoms with van der Waals surface area (Å²) in [7, 11) is -1.89. The molecule has 1 aromatic carbocycles. The number of rotatable bonds is 3. The van der Waals surface area contributed by atoms with Crippen molar-refractivity contribution in [2.24, 2.45) is 7.05 Å². The van der Waals surface area contributed by atoms with Crippen LogP contribution in [0.1, 0.15) is 16.8 Å². The Morgan fingerprint density at radius 2 is 2.00 bits per heavy atom. The zero-order valence-corrected chi connectivity index (χ0v) is 16.8. The van der Waals surface area contributed by atoms with Crippen molar-refractivity contribution in [3.8, 4) is 0 Å². The predicted octanol–water partition coefficient (Wildman–Crippen LogP) is 1.56. The zero-order valence-electron chi connectivity index (χ0n) is 13.8. The molecule has 1 fully saturated rings. The van der Waals surface area contributed by atoms with Crippen LogP contribution in [0.25, 0.3) is 0 Å². The fourth-order valence-electron chi connectivity index (χ4n) is 2.80. The second kappa shape index (κ2) is 7.42. The van der Waals surface area contributed by atoms with Crippen LogP contribution in [0.3, 0.4) is 0 Å². The number of halogens is 1. The van der Waals surface area contributed by atoms with E-state index in [1.807, 2.05) is 18.2 Å². The lowest BCUT2D eigenvalue weighted by Crippen LogP contribution is -2.37.